The van der Waals surface area contributed by atoms with Crippen molar-refractivity contribution in [2.45, 2.75) is 19.9 Å². The number of nitrogens with one attached hydrogen (secondary N) is 1. The Hall–Kier alpha value is -3.85. The van der Waals surface area contributed by atoms with Gasteiger partial charge in [0, 0.05) is 15.9 Å². The summed E-state index contributed by atoms with van der Waals surface area (Å²) in [5.74, 6) is -2.70. The van der Waals surface area contributed by atoms with Crippen LogP contribution in [0.3, 0.4) is 0 Å². The van der Waals surface area contributed by atoms with E-state index in [4.69, 9.17) is 9.85 Å². The number of nitrogens with zero attached hydrogens (tertiary/aromatic N) is 3. The number of aliphatic hydroxyl groups excluding tert-OH is 1. The molecule has 0 fully saturated rings. The molecule has 0 saturated heterocycles. The maximum Gasteiger partial charge on any atom is 0.257 e. The second-order valence-corrected chi connectivity index (χ2v) is 6.91. The van der Waals surface area contributed by atoms with Crippen LogP contribution in [0.4, 0.5) is 20.3 Å². The van der Waals surface area contributed by atoms with E-state index in [0.29, 0.717) is 5.69 Å². The van der Waals surface area contributed by atoms with Crippen molar-refractivity contribution in [3.8, 4) is 11.3 Å². The quantitative estimate of drug-likeness (QED) is 0.463. The number of hydrogen-bond acceptors (Lipinski definition) is 5. The van der Waals surface area contributed by atoms with Crippen molar-refractivity contribution in [2.24, 2.45) is 0 Å². The number of nitrogens with two attached hydrogens (primary N) is 1. The van der Waals surface area contributed by atoms with Crippen LogP contribution in [0.15, 0.2) is 48.7 Å². The largest absolute Gasteiger partial charge is 0.382 e. The number of amides is 1. The summed E-state index contributed by atoms with van der Waals surface area (Å²) < 4.78 is 52.9. The number of anilines is 2. The number of imidazole rings is 1. The van der Waals surface area contributed by atoms with Gasteiger partial charge in [0.1, 0.15) is 34.5 Å². The Morgan fingerprint density at radius 3 is 2.77 bits per heavy atom. The molecule has 31 heavy (non-hydrogen) atoms. The standard InChI is InChI=1S/C22H19F2N5O2/c1-11-10-29-12(2)27-18(19(29)21(25)26-11)13-6-7-17(16(24)9-13)28-22(31)20(30)14-4-3-5-15(23)8-14/h3-10,20,30H,1-2H3,(H2,25,26)(H,28,31)/t20-/m1/s1/i2D3. The average Bonchev–Trinajstić information content (AvgIpc) is 3.14. The third-order valence-electron chi connectivity index (χ3n) is 4.68. The number of carbonyl (C=O) groups excluding carboxylic acids is 1. The molecular formula is C22H19F2N5O2. The minimum atomic E-state index is -2.57. The van der Waals surface area contributed by atoms with E-state index in [1.165, 1.54) is 34.9 Å². The predicted octanol–water partition coefficient (Wildman–Crippen LogP) is 3.55. The molecule has 0 radical (unpaired) electrons. The lowest BCUT2D eigenvalue weighted by molar-refractivity contribution is -0.124. The summed E-state index contributed by atoms with van der Waals surface area (Å²) in [6.45, 7) is -0.922. The molecule has 0 unspecified atom stereocenters. The lowest BCUT2D eigenvalue weighted by Gasteiger charge is -2.13. The molecule has 9 heteroatoms. The summed E-state index contributed by atoms with van der Waals surface area (Å²) in [4.78, 5) is 20.7. The molecule has 4 N–H and O–H groups in total. The first-order chi connectivity index (χ1) is 16.0. The summed E-state index contributed by atoms with van der Waals surface area (Å²) in [6, 6.07) is 8.55. The number of aliphatic hydroxyl groups is 1. The normalized spacial score (nSPS) is 14.0. The van der Waals surface area contributed by atoms with Gasteiger partial charge in [0.25, 0.3) is 5.91 Å². The number of fused-ring (bicyclic) bond motifs is 1. The topological polar surface area (TPSA) is 106 Å². The Balaban J connectivity index is 1.70. The lowest BCUT2D eigenvalue weighted by Crippen LogP contribution is -2.21. The van der Waals surface area contributed by atoms with Gasteiger partial charge in [-0.2, -0.15) is 0 Å². The van der Waals surface area contributed by atoms with Gasteiger partial charge in [0.2, 0.25) is 0 Å². The fraction of sp³-hybridized carbons (Fsp3) is 0.136. The van der Waals surface area contributed by atoms with Crippen molar-refractivity contribution in [3.05, 3.63) is 77.4 Å². The van der Waals surface area contributed by atoms with Gasteiger partial charge in [-0.05, 0) is 43.6 Å². The highest BCUT2D eigenvalue weighted by Gasteiger charge is 2.20. The molecule has 158 valence electrons. The average molecular weight is 426 g/mol. The summed E-state index contributed by atoms with van der Waals surface area (Å²) >= 11 is 0. The summed E-state index contributed by atoms with van der Waals surface area (Å²) in [5, 5.41) is 12.4. The maximum absolute atomic E-state index is 14.9. The minimum Gasteiger partial charge on any atom is -0.382 e. The van der Waals surface area contributed by atoms with E-state index in [1.54, 1.807) is 6.92 Å². The van der Waals surface area contributed by atoms with E-state index in [2.05, 4.69) is 15.3 Å². The van der Waals surface area contributed by atoms with Gasteiger partial charge in [-0.3, -0.25) is 9.20 Å². The molecule has 2 heterocycles. The van der Waals surface area contributed by atoms with Gasteiger partial charge < -0.3 is 16.2 Å². The van der Waals surface area contributed by atoms with Crippen LogP contribution in [0.25, 0.3) is 16.8 Å². The first-order valence-corrected chi connectivity index (χ1v) is 9.15. The van der Waals surface area contributed by atoms with E-state index in [9.17, 15) is 18.7 Å². The highest BCUT2D eigenvalue weighted by atomic mass is 19.1. The van der Waals surface area contributed by atoms with Crippen LogP contribution in [0.1, 0.15) is 27.3 Å². The first kappa shape index (κ1) is 16.9. The number of benzene rings is 2. The third kappa shape index (κ3) is 3.82. The van der Waals surface area contributed by atoms with Crippen molar-refractivity contribution in [1.29, 1.82) is 0 Å². The predicted molar refractivity (Wildman–Crippen MR) is 112 cm³/mol. The third-order valence-corrected chi connectivity index (χ3v) is 4.68. The summed E-state index contributed by atoms with van der Waals surface area (Å²) in [7, 11) is 0. The van der Waals surface area contributed by atoms with Crippen molar-refractivity contribution in [2.75, 3.05) is 11.1 Å². The molecule has 2 aromatic carbocycles. The number of carbonyl (C=O) groups is 1. The zero-order chi connectivity index (χ0) is 24.8. The van der Waals surface area contributed by atoms with Crippen molar-refractivity contribution >= 4 is 22.9 Å². The Bertz CT molecular complexity index is 1420. The van der Waals surface area contributed by atoms with Gasteiger partial charge in [0.15, 0.2) is 6.10 Å². The number of halogens is 2. The van der Waals surface area contributed by atoms with Crippen LogP contribution in [0, 0.1) is 25.4 Å². The SMILES string of the molecule is [2H]C([2H])([2H])c1nc(-c2ccc(NC(=O)[C@H](O)c3cccc(F)c3)c(F)c2)c2c(N)nc(C)cn12. The number of aryl methyl sites for hydroxylation is 2. The van der Waals surface area contributed by atoms with Crippen LogP contribution in [-0.2, 0) is 4.79 Å². The molecule has 0 spiro atoms. The van der Waals surface area contributed by atoms with Crippen LogP contribution < -0.4 is 11.1 Å². The monoisotopic (exact) mass is 426 g/mol. The molecule has 4 rings (SSSR count). The Kier molecular flexibility index (Phi) is 4.23. The van der Waals surface area contributed by atoms with E-state index < -0.39 is 30.5 Å². The Morgan fingerprint density at radius 1 is 1.26 bits per heavy atom. The Labute approximate surface area is 180 Å². The number of nitrogen functional groups attached to an aromatic ring is 1. The molecule has 0 bridgehead atoms. The highest BCUT2D eigenvalue weighted by Crippen LogP contribution is 2.31. The van der Waals surface area contributed by atoms with Crippen LogP contribution in [0.5, 0.6) is 0 Å². The molecule has 2 aromatic heterocycles. The van der Waals surface area contributed by atoms with Gasteiger partial charge >= 0.3 is 0 Å². The fourth-order valence-electron chi connectivity index (χ4n) is 3.26. The van der Waals surface area contributed by atoms with E-state index in [0.717, 1.165) is 18.2 Å². The van der Waals surface area contributed by atoms with Gasteiger partial charge in [-0.25, -0.2) is 18.7 Å². The van der Waals surface area contributed by atoms with Crippen molar-refractivity contribution < 1.29 is 22.8 Å². The second-order valence-electron chi connectivity index (χ2n) is 6.91. The molecule has 0 aliphatic heterocycles. The number of aromatic nitrogens is 3. The van der Waals surface area contributed by atoms with Gasteiger partial charge in [-0.1, -0.05) is 18.2 Å². The summed E-state index contributed by atoms with van der Waals surface area (Å²) in [6.07, 6.45) is -0.245. The van der Waals surface area contributed by atoms with E-state index >= 15 is 0 Å². The molecule has 0 saturated carbocycles. The van der Waals surface area contributed by atoms with Crippen molar-refractivity contribution in [3.63, 3.8) is 0 Å². The first-order valence-electron chi connectivity index (χ1n) is 10.7. The summed E-state index contributed by atoms with van der Waals surface area (Å²) in [5.41, 5.74) is 6.77. The van der Waals surface area contributed by atoms with Crippen LogP contribution >= 0.6 is 0 Å². The smallest absolute Gasteiger partial charge is 0.257 e. The number of hydrogen-bond donors (Lipinski definition) is 3. The fourth-order valence-corrected chi connectivity index (χ4v) is 3.26. The molecule has 1 amide bonds. The van der Waals surface area contributed by atoms with E-state index in [1.807, 2.05) is 0 Å². The highest BCUT2D eigenvalue weighted by molar-refractivity contribution is 5.95. The second kappa shape index (κ2) is 7.77. The molecule has 7 nitrogen and oxygen atoms in total. The molecule has 4 aromatic rings. The van der Waals surface area contributed by atoms with Gasteiger partial charge in [-0.15, -0.1) is 0 Å². The molecule has 0 aliphatic carbocycles. The van der Waals surface area contributed by atoms with Gasteiger partial charge in [0.05, 0.1) is 11.4 Å². The zero-order valence-corrected chi connectivity index (χ0v) is 16.2. The lowest BCUT2D eigenvalue weighted by atomic mass is 10.1. The molecule has 1 atom stereocenters. The Morgan fingerprint density at radius 2 is 2.06 bits per heavy atom. The minimum absolute atomic E-state index is 0.00877. The maximum atomic E-state index is 14.9. The number of rotatable bonds is 4. The van der Waals surface area contributed by atoms with Crippen LogP contribution in [-0.4, -0.2) is 25.4 Å². The van der Waals surface area contributed by atoms with E-state index in [-0.39, 0.29) is 39.7 Å². The van der Waals surface area contributed by atoms with Crippen molar-refractivity contribution in [1.82, 2.24) is 14.4 Å². The molecule has 0 aliphatic rings. The zero-order valence-electron chi connectivity index (χ0n) is 19.2. The molecular weight excluding hydrogens is 404 g/mol. The van der Waals surface area contributed by atoms with Crippen LogP contribution in [0.2, 0.25) is 0 Å².